The van der Waals surface area contributed by atoms with Gasteiger partial charge >= 0.3 is 5.97 Å². The standard InChI is InChI=1S/C25H24N4O7/c1-14-8-11-19(21(12-14)36-15(2)31)28(3)25(32)18-10-9-17(24(35-4)23(18)27-13-30)16-6-5-7-20(22(16)26)29(33)34/h5-13H,26H2,1-4H3,(H,27,30). The molecule has 11 heteroatoms. The van der Waals surface area contributed by atoms with E-state index in [1.165, 1.54) is 50.2 Å². The van der Waals surface area contributed by atoms with Crippen LogP contribution in [0.15, 0.2) is 48.5 Å². The number of nitrogens with two attached hydrogens (primary N) is 1. The highest BCUT2D eigenvalue weighted by molar-refractivity contribution is 6.13. The fraction of sp³-hybridized carbons (Fsp3) is 0.160. The van der Waals surface area contributed by atoms with Crippen LogP contribution in [0.3, 0.4) is 0 Å². The molecule has 11 nitrogen and oxygen atoms in total. The van der Waals surface area contributed by atoms with Crippen LogP contribution < -0.4 is 25.4 Å². The third-order valence-corrected chi connectivity index (χ3v) is 5.40. The summed E-state index contributed by atoms with van der Waals surface area (Å²) in [7, 11) is 2.82. The number of hydrogen-bond donors (Lipinski definition) is 2. The number of nitro benzene ring substituents is 1. The predicted octanol–water partition coefficient (Wildman–Crippen LogP) is 3.93. The smallest absolute Gasteiger partial charge is 0.308 e. The van der Waals surface area contributed by atoms with Gasteiger partial charge in [0.05, 0.1) is 29.0 Å². The Morgan fingerprint density at radius 3 is 2.47 bits per heavy atom. The maximum Gasteiger partial charge on any atom is 0.308 e. The number of ether oxygens (including phenoxy) is 2. The number of esters is 1. The highest BCUT2D eigenvalue weighted by Crippen LogP contribution is 2.43. The van der Waals surface area contributed by atoms with E-state index in [-0.39, 0.29) is 39.7 Å². The summed E-state index contributed by atoms with van der Waals surface area (Å²) >= 11 is 0. The lowest BCUT2D eigenvalue weighted by Crippen LogP contribution is -2.28. The van der Waals surface area contributed by atoms with Gasteiger partial charge in [-0.15, -0.1) is 0 Å². The molecule has 36 heavy (non-hydrogen) atoms. The van der Waals surface area contributed by atoms with Gasteiger partial charge < -0.3 is 25.4 Å². The summed E-state index contributed by atoms with van der Waals surface area (Å²) in [5.41, 5.74) is 7.52. The van der Waals surface area contributed by atoms with Crippen molar-refractivity contribution in [1.82, 2.24) is 0 Å². The normalized spacial score (nSPS) is 10.3. The summed E-state index contributed by atoms with van der Waals surface area (Å²) in [6.07, 6.45) is 0.380. The second kappa shape index (κ2) is 10.6. The topological polar surface area (TPSA) is 154 Å². The number of nitrogens with one attached hydrogen (secondary N) is 1. The van der Waals surface area contributed by atoms with Gasteiger partial charge in [-0.3, -0.25) is 24.5 Å². The first-order valence-corrected chi connectivity index (χ1v) is 10.6. The van der Waals surface area contributed by atoms with E-state index in [0.717, 1.165) is 5.56 Å². The van der Waals surface area contributed by atoms with Crippen molar-refractivity contribution in [2.45, 2.75) is 13.8 Å². The van der Waals surface area contributed by atoms with Crippen LogP contribution in [-0.4, -0.2) is 37.4 Å². The Hall–Kier alpha value is -4.93. The van der Waals surface area contributed by atoms with Crippen molar-refractivity contribution in [1.29, 1.82) is 0 Å². The predicted molar refractivity (Wildman–Crippen MR) is 134 cm³/mol. The van der Waals surface area contributed by atoms with Crippen LogP contribution >= 0.6 is 0 Å². The average Bonchev–Trinajstić information content (AvgIpc) is 2.83. The Morgan fingerprint density at radius 2 is 1.86 bits per heavy atom. The largest absolute Gasteiger partial charge is 0.494 e. The molecule has 3 aromatic rings. The minimum Gasteiger partial charge on any atom is -0.494 e. The quantitative estimate of drug-likeness (QED) is 0.120. The second-order valence-electron chi connectivity index (χ2n) is 7.76. The zero-order chi connectivity index (χ0) is 26.6. The van der Waals surface area contributed by atoms with Crippen LogP contribution in [0.2, 0.25) is 0 Å². The van der Waals surface area contributed by atoms with Crippen molar-refractivity contribution >= 4 is 41.0 Å². The van der Waals surface area contributed by atoms with E-state index in [4.69, 9.17) is 15.2 Å². The molecule has 0 aliphatic heterocycles. The number of nitrogens with zero attached hydrogens (tertiary/aromatic N) is 2. The van der Waals surface area contributed by atoms with Crippen LogP contribution in [0, 0.1) is 17.0 Å². The molecule has 0 saturated heterocycles. The SMILES string of the molecule is COc1c(-c2cccc([N+](=O)[O-])c2N)ccc(C(=O)N(C)c2ccc(C)cc2OC(C)=O)c1NC=O. The highest BCUT2D eigenvalue weighted by Gasteiger charge is 2.26. The minimum absolute atomic E-state index is 0.0360. The molecule has 0 saturated carbocycles. The summed E-state index contributed by atoms with van der Waals surface area (Å²) < 4.78 is 10.8. The first-order chi connectivity index (χ1) is 17.1. The number of nitrogen functional groups attached to an aromatic ring is 1. The van der Waals surface area contributed by atoms with Gasteiger partial charge in [-0.25, -0.2) is 0 Å². The highest BCUT2D eigenvalue weighted by atomic mass is 16.6. The average molecular weight is 492 g/mol. The maximum atomic E-state index is 13.5. The summed E-state index contributed by atoms with van der Waals surface area (Å²) in [6, 6.07) is 12.3. The van der Waals surface area contributed by atoms with Crippen molar-refractivity contribution in [2.24, 2.45) is 0 Å². The monoisotopic (exact) mass is 492 g/mol. The number of methoxy groups -OCH3 is 1. The molecule has 2 amide bonds. The molecule has 0 radical (unpaired) electrons. The number of nitro groups is 1. The third kappa shape index (κ3) is 4.94. The van der Waals surface area contributed by atoms with Gasteiger partial charge in [-0.2, -0.15) is 0 Å². The number of rotatable bonds is 8. The number of carbonyl (C=O) groups is 3. The number of hydrogen-bond acceptors (Lipinski definition) is 8. The molecule has 0 aliphatic rings. The molecule has 3 N–H and O–H groups in total. The van der Waals surface area contributed by atoms with Gasteiger partial charge in [-0.05, 0) is 36.8 Å². The molecule has 0 fully saturated rings. The molecular formula is C25H24N4O7. The Balaban J connectivity index is 2.17. The van der Waals surface area contributed by atoms with E-state index >= 15 is 0 Å². The zero-order valence-electron chi connectivity index (χ0n) is 20.0. The van der Waals surface area contributed by atoms with E-state index < -0.39 is 16.8 Å². The molecule has 0 atom stereocenters. The van der Waals surface area contributed by atoms with E-state index in [9.17, 15) is 24.5 Å². The Bertz CT molecular complexity index is 1370. The molecule has 0 aromatic heterocycles. The molecule has 0 spiro atoms. The van der Waals surface area contributed by atoms with Crippen molar-refractivity contribution in [3.05, 3.63) is 69.8 Å². The summed E-state index contributed by atoms with van der Waals surface area (Å²) in [6.45, 7) is 3.07. The second-order valence-corrected chi connectivity index (χ2v) is 7.76. The Kier molecular flexibility index (Phi) is 7.53. The van der Waals surface area contributed by atoms with Crippen LogP contribution in [0.4, 0.5) is 22.7 Å². The number of carbonyl (C=O) groups excluding carboxylic acids is 3. The van der Waals surface area contributed by atoms with Crippen molar-refractivity contribution in [3.63, 3.8) is 0 Å². The van der Waals surface area contributed by atoms with Crippen LogP contribution in [0.1, 0.15) is 22.8 Å². The molecular weight excluding hydrogens is 468 g/mol. The van der Waals surface area contributed by atoms with Gasteiger partial charge in [-0.1, -0.05) is 18.2 Å². The first-order valence-electron chi connectivity index (χ1n) is 10.6. The van der Waals surface area contributed by atoms with Crippen molar-refractivity contribution < 1.29 is 28.8 Å². The third-order valence-electron chi connectivity index (χ3n) is 5.40. The van der Waals surface area contributed by atoms with E-state index in [1.54, 1.807) is 24.3 Å². The molecule has 0 bridgehead atoms. The summed E-state index contributed by atoms with van der Waals surface area (Å²) in [5, 5.41) is 13.8. The van der Waals surface area contributed by atoms with Gasteiger partial charge in [0, 0.05) is 31.2 Å². The fourth-order valence-corrected chi connectivity index (χ4v) is 3.76. The van der Waals surface area contributed by atoms with Crippen LogP contribution in [0.5, 0.6) is 11.5 Å². The number of amides is 2. The van der Waals surface area contributed by atoms with Gasteiger partial charge in [0.25, 0.3) is 11.6 Å². The van der Waals surface area contributed by atoms with Crippen molar-refractivity contribution in [3.8, 4) is 22.6 Å². The first kappa shape index (κ1) is 25.7. The maximum absolute atomic E-state index is 13.5. The van der Waals surface area contributed by atoms with E-state index in [2.05, 4.69) is 5.32 Å². The van der Waals surface area contributed by atoms with Gasteiger partial charge in [0.2, 0.25) is 6.41 Å². The fourth-order valence-electron chi connectivity index (χ4n) is 3.76. The Labute approximate surface area is 206 Å². The molecule has 0 heterocycles. The molecule has 3 rings (SSSR count). The summed E-state index contributed by atoms with van der Waals surface area (Å²) in [5.74, 6) is -0.825. The number of aryl methyl sites for hydroxylation is 1. The number of benzene rings is 3. The summed E-state index contributed by atoms with van der Waals surface area (Å²) in [4.78, 5) is 48.6. The van der Waals surface area contributed by atoms with Crippen LogP contribution in [-0.2, 0) is 9.59 Å². The lowest BCUT2D eigenvalue weighted by Gasteiger charge is -2.23. The molecule has 0 unspecified atom stereocenters. The minimum atomic E-state index is -0.606. The number of para-hydroxylation sites is 1. The molecule has 3 aromatic carbocycles. The molecule has 0 aliphatic carbocycles. The number of anilines is 3. The molecule has 186 valence electrons. The lowest BCUT2D eigenvalue weighted by atomic mass is 9.97. The Morgan fingerprint density at radius 1 is 1.14 bits per heavy atom. The van der Waals surface area contributed by atoms with Crippen molar-refractivity contribution in [2.75, 3.05) is 30.1 Å². The van der Waals surface area contributed by atoms with Crippen LogP contribution in [0.25, 0.3) is 11.1 Å². The lowest BCUT2D eigenvalue weighted by molar-refractivity contribution is -0.383. The van der Waals surface area contributed by atoms with Gasteiger partial charge in [0.1, 0.15) is 5.69 Å². The van der Waals surface area contributed by atoms with E-state index in [1.807, 2.05) is 6.92 Å². The van der Waals surface area contributed by atoms with E-state index in [0.29, 0.717) is 17.7 Å². The zero-order valence-corrected chi connectivity index (χ0v) is 20.0. The van der Waals surface area contributed by atoms with Gasteiger partial charge in [0.15, 0.2) is 11.5 Å².